The Morgan fingerprint density at radius 2 is 2.20 bits per heavy atom. The first kappa shape index (κ1) is 14.7. The molecule has 0 aliphatic rings. The molecule has 0 saturated heterocycles. The number of aromatic nitrogens is 4. The Morgan fingerprint density at radius 3 is 2.90 bits per heavy atom. The normalized spacial score (nSPS) is 10.6. The van der Waals surface area contributed by atoms with Gasteiger partial charge in [-0.3, -0.25) is 0 Å². The Hall–Kier alpha value is -1.66. The number of carbonyl (C=O) groups is 1. The molecule has 0 aliphatic heterocycles. The zero-order chi connectivity index (χ0) is 14.5. The van der Waals surface area contributed by atoms with Gasteiger partial charge < -0.3 is 4.74 Å². The van der Waals surface area contributed by atoms with Crippen LogP contribution in [0.5, 0.6) is 0 Å². The van der Waals surface area contributed by atoms with E-state index in [4.69, 9.17) is 27.9 Å². The fourth-order valence-electron chi connectivity index (χ4n) is 1.57. The van der Waals surface area contributed by atoms with Crippen LogP contribution in [0.4, 0.5) is 0 Å². The van der Waals surface area contributed by atoms with Gasteiger partial charge in [-0.25, -0.2) is 9.48 Å². The second-order valence-corrected chi connectivity index (χ2v) is 4.86. The molecule has 0 bridgehead atoms. The summed E-state index contributed by atoms with van der Waals surface area (Å²) in [6, 6.07) is 4.58. The number of hydrogen-bond acceptors (Lipinski definition) is 5. The average molecular weight is 315 g/mol. The highest BCUT2D eigenvalue weighted by Gasteiger charge is 2.14. The predicted octanol–water partition coefficient (Wildman–Crippen LogP) is 2.75. The third kappa shape index (κ3) is 3.46. The molecule has 1 aromatic carbocycles. The van der Waals surface area contributed by atoms with Crippen molar-refractivity contribution >= 4 is 29.2 Å². The molecule has 8 heteroatoms. The molecular weight excluding hydrogens is 303 g/mol. The number of carbonyl (C=O) groups excluding carboxylic acids is 1. The number of hydrogen-bond donors (Lipinski definition) is 0. The van der Waals surface area contributed by atoms with E-state index in [9.17, 15) is 4.79 Å². The van der Waals surface area contributed by atoms with Gasteiger partial charge in [-0.05, 0) is 35.0 Å². The quantitative estimate of drug-likeness (QED) is 0.794. The molecule has 6 nitrogen and oxygen atoms in total. The van der Waals surface area contributed by atoms with Gasteiger partial charge in [-0.15, -0.1) is 5.10 Å². The van der Waals surface area contributed by atoms with Crippen molar-refractivity contribution in [3.63, 3.8) is 0 Å². The van der Waals surface area contributed by atoms with Gasteiger partial charge in [0.05, 0.1) is 10.6 Å². The van der Waals surface area contributed by atoms with E-state index in [0.29, 0.717) is 17.4 Å². The third-order valence-corrected chi connectivity index (χ3v) is 3.07. The van der Waals surface area contributed by atoms with Gasteiger partial charge in [0.1, 0.15) is 0 Å². The minimum absolute atomic E-state index is 0.00914. The summed E-state index contributed by atoms with van der Waals surface area (Å²) in [5.41, 5.74) is 0.255. The van der Waals surface area contributed by atoms with Crippen LogP contribution < -0.4 is 0 Å². The molecule has 1 heterocycles. The second-order valence-electron chi connectivity index (χ2n) is 4.02. The van der Waals surface area contributed by atoms with Crippen molar-refractivity contribution in [3.8, 4) is 0 Å². The first-order valence-electron chi connectivity index (χ1n) is 5.99. The summed E-state index contributed by atoms with van der Waals surface area (Å²) >= 11 is 11.7. The summed E-state index contributed by atoms with van der Waals surface area (Å²) < 4.78 is 6.74. The van der Waals surface area contributed by atoms with Crippen molar-refractivity contribution in [2.75, 3.05) is 0 Å². The number of esters is 1. The van der Waals surface area contributed by atoms with Gasteiger partial charge in [0.25, 0.3) is 0 Å². The molecule has 20 heavy (non-hydrogen) atoms. The van der Waals surface area contributed by atoms with E-state index in [1.165, 1.54) is 12.1 Å². The van der Waals surface area contributed by atoms with Crippen molar-refractivity contribution in [1.29, 1.82) is 0 Å². The van der Waals surface area contributed by atoms with Gasteiger partial charge in [0.15, 0.2) is 12.4 Å². The Labute approximate surface area is 125 Å². The van der Waals surface area contributed by atoms with Gasteiger partial charge in [-0.1, -0.05) is 30.1 Å². The number of halogens is 2. The summed E-state index contributed by atoms with van der Waals surface area (Å²) in [6.07, 6.45) is 0.884. The van der Waals surface area contributed by atoms with Crippen molar-refractivity contribution in [2.24, 2.45) is 0 Å². The first-order valence-corrected chi connectivity index (χ1v) is 6.74. The second kappa shape index (κ2) is 6.67. The highest BCUT2D eigenvalue weighted by molar-refractivity contribution is 6.36. The van der Waals surface area contributed by atoms with Crippen LogP contribution >= 0.6 is 23.2 Å². The molecular formula is C12H12Cl2N4O2. The number of ether oxygens (including phenoxy) is 1. The third-order valence-electron chi connectivity index (χ3n) is 2.52. The van der Waals surface area contributed by atoms with Crippen molar-refractivity contribution in [3.05, 3.63) is 39.6 Å². The molecule has 106 valence electrons. The van der Waals surface area contributed by atoms with Crippen LogP contribution in [0, 0.1) is 0 Å². The topological polar surface area (TPSA) is 69.9 Å². The van der Waals surface area contributed by atoms with E-state index in [-0.39, 0.29) is 17.2 Å². The Balaban J connectivity index is 2.03. The largest absolute Gasteiger partial charge is 0.454 e. The molecule has 2 aromatic rings. The maximum atomic E-state index is 11.9. The van der Waals surface area contributed by atoms with Crippen LogP contribution in [0.25, 0.3) is 0 Å². The zero-order valence-corrected chi connectivity index (χ0v) is 12.2. The molecule has 0 spiro atoms. The maximum Gasteiger partial charge on any atom is 0.340 e. The number of tetrazole rings is 1. The van der Waals surface area contributed by atoms with Crippen molar-refractivity contribution in [2.45, 2.75) is 26.5 Å². The molecule has 0 N–H and O–H groups in total. The lowest BCUT2D eigenvalue weighted by Gasteiger charge is -2.06. The molecule has 0 aliphatic carbocycles. The minimum Gasteiger partial charge on any atom is -0.454 e. The van der Waals surface area contributed by atoms with Crippen molar-refractivity contribution in [1.82, 2.24) is 20.2 Å². The van der Waals surface area contributed by atoms with Crippen LogP contribution in [0.15, 0.2) is 18.2 Å². The Bertz CT molecular complexity index is 615. The predicted molar refractivity (Wildman–Crippen MR) is 73.7 cm³/mol. The van der Waals surface area contributed by atoms with Gasteiger partial charge in [0.2, 0.25) is 0 Å². The smallest absolute Gasteiger partial charge is 0.340 e. The van der Waals surface area contributed by atoms with E-state index in [1.54, 1.807) is 10.7 Å². The summed E-state index contributed by atoms with van der Waals surface area (Å²) in [7, 11) is 0. The maximum absolute atomic E-state index is 11.9. The van der Waals surface area contributed by atoms with Crippen LogP contribution in [0.1, 0.15) is 29.5 Å². The first-order chi connectivity index (χ1) is 9.61. The fraction of sp³-hybridized carbons (Fsp3) is 0.333. The van der Waals surface area contributed by atoms with Crippen molar-refractivity contribution < 1.29 is 9.53 Å². The molecule has 0 saturated carbocycles. The van der Waals surface area contributed by atoms with E-state index >= 15 is 0 Å². The minimum atomic E-state index is -0.544. The standard InChI is InChI=1S/C12H12Cl2N4O2/c1-2-5-18-11(15-16-17-18)7-20-12(19)9-4-3-8(13)6-10(9)14/h3-4,6H,2,5,7H2,1H3. The highest BCUT2D eigenvalue weighted by atomic mass is 35.5. The summed E-state index contributed by atoms with van der Waals surface area (Å²) in [4.78, 5) is 11.9. The molecule has 0 amide bonds. The number of benzene rings is 1. The molecule has 0 radical (unpaired) electrons. The number of nitrogens with zero attached hydrogens (tertiary/aromatic N) is 4. The zero-order valence-electron chi connectivity index (χ0n) is 10.7. The Morgan fingerprint density at radius 1 is 1.40 bits per heavy atom. The fourth-order valence-corrected chi connectivity index (χ4v) is 2.06. The SMILES string of the molecule is CCCn1nnnc1COC(=O)c1ccc(Cl)cc1Cl. The lowest BCUT2D eigenvalue weighted by atomic mass is 10.2. The highest BCUT2D eigenvalue weighted by Crippen LogP contribution is 2.21. The van der Waals surface area contributed by atoms with E-state index in [2.05, 4.69) is 15.5 Å². The van der Waals surface area contributed by atoms with E-state index in [0.717, 1.165) is 6.42 Å². The average Bonchev–Trinajstić information content (AvgIpc) is 2.84. The summed E-state index contributed by atoms with van der Waals surface area (Å²) in [5, 5.41) is 11.9. The van der Waals surface area contributed by atoms with Gasteiger partial charge >= 0.3 is 5.97 Å². The van der Waals surface area contributed by atoms with Gasteiger partial charge in [0, 0.05) is 11.6 Å². The molecule has 2 rings (SSSR count). The molecule has 0 unspecified atom stereocenters. The number of rotatable bonds is 5. The van der Waals surface area contributed by atoms with E-state index < -0.39 is 5.97 Å². The number of aryl methyl sites for hydroxylation is 1. The van der Waals surface area contributed by atoms with Crippen LogP contribution in [0.3, 0.4) is 0 Å². The summed E-state index contributed by atoms with van der Waals surface area (Å²) in [6.45, 7) is 2.66. The monoisotopic (exact) mass is 314 g/mol. The summed E-state index contributed by atoms with van der Waals surface area (Å²) in [5.74, 6) is -0.0528. The van der Waals surface area contributed by atoms with Crippen LogP contribution in [-0.4, -0.2) is 26.2 Å². The molecule has 0 fully saturated rings. The lowest BCUT2D eigenvalue weighted by Crippen LogP contribution is -2.11. The van der Waals surface area contributed by atoms with E-state index in [1.807, 2.05) is 6.92 Å². The van der Waals surface area contributed by atoms with Gasteiger partial charge in [-0.2, -0.15) is 0 Å². The molecule has 1 aromatic heterocycles. The molecule has 0 atom stereocenters. The van der Waals surface area contributed by atoms with Crippen LogP contribution in [-0.2, 0) is 17.9 Å². The van der Waals surface area contributed by atoms with Crippen LogP contribution in [0.2, 0.25) is 10.0 Å². The lowest BCUT2D eigenvalue weighted by molar-refractivity contribution is 0.0456. The Kier molecular flexibility index (Phi) is 4.92.